The summed E-state index contributed by atoms with van der Waals surface area (Å²) in [5.41, 5.74) is 5.47. The van der Waals surface area contributed by atoms with Crippen LogP contribution in [-0.2, 0) is 9.47 Å². The van der Waals surface area contributed by atoms with Crippen molar-refractivity contribution >= 4 is 0 Å². The van der Waals surface area contributed by atoms with E-state index in [1.54, 1.807) is 7.11 Å². The number of rotatable bonds is 5. The molecule has 0 aromatic heterocycles. The molecule has 0 bridgehead atoms. The standard InChI is InChI=1S/C7H17NO2/c1-6(8)4-10-7(2)5-9-3/h6-7H,4-5,8H2,1-3H3. The zero-order valence-electron chi connectivity index (χ0n) is 6.96. The lowest BCUT2D eigenvalue weighted by Gasteiger charge is -2.13. The highest BCUT2D eigenvalue weighted by atomic mass is 16.5. The van der Waals surface area contributed by atoms with Gasteiger partial charge >= 0.3 is 0 Å². The molecule has 10 heavy (non-hydrogen) atoms. The normalized spacial score (nSPS) is 16.8. The van der Waals surface area contributed by atoms with Gasteiger partial charge in [0, 0.05) is 13.2 Å². The summed E-state index contributed by atoms with van der Waals surface area (Å²) >= 11 is 0. The molecule has 2 N–H and O–H groups in total. The number of nitrogens with two attached hydrogens (primary N) is 1. The highest BCUT2D eigenvalue weighted by molar-refractivity contribution is 4.52. The Hall–Kier alpha value is -0.120. The summed E-state index contributed by atoms with van der Waals surface area (Å²) in [4.78, 5) is 0. The molecule has 0 aromatic carbocycles. The molecular formula is C7H17NO2. The van der Waals surface area contributed by atoms with Crippen molar-refractivity contribution in [3.05, 3.63) is 0 Å². The van der Waals surface area contributed by atoms with E-state index in [-0.39, 0.29) is 12.1 Å². The Kier molecular flexibility index (Phi) is 5.58. The lowest BCUT2D eigenvalue weighted by atomic mass is 10.4. The molecule has 0 saturated carbocycles. The molecule has 0 aliphatic carbocycles. The zero-order chi connectivity index (χ0) is 7.98. The monoisotopic (exact) mass is 147 g/mol. The van der Waals surface area contributed by atoms with Crippen LogP contribution in [0.1, 0.15) is 13.8 Å². The average molecular weight is 147 g/mol. The van der Waals surface area contributed by atoms with Crippen molar-refractivity contribution in [1.82, 2.24) is 0 Å². The average Bonchev–Trinajstić information content (AvgIpc) is 1.85. The Balaban J connectivity index is 3.12. The van der Waals surface area contributed by atoms with Gasteiger partial charge in [-0.3, -0.25) is 0 Å². The van der Waals surface area contributed by atoms with E-state index in [0.29, 0.717) is 13.2 Å². The fourth-order valence-corrected chi connectivity index (χ4v) is 0.599. The first-order valence-corrected chi connectivity index (χ1v) is 3.53. The minimum atomic E-state index is 0.110. The third-order valence-corrected chi connectivity index (χ3v) is 1.05. The van der Waals surface area contributed by atoms with Crippen molar-refractivity contribution in [2.45, 2.75) is 26.0 Å². The van der Waals surface area contributed by atoms with E-state index in [4.69, 9.17) is 15.2 Å². The summed E-state index contributed by atoms with van der Waals surface area (Å²) in [7, 11) is 1.66. The Bertz CT molecular complexity index is 76.0. The third-order valence-electron chi connectivity index (χ3n) is 1.05. The molecule has 0 aliphatic heterocycles. The molecule has 3 nitrogen and oxygen atoms in total. The summed E-state index contributed by atoms with van der Waals surface area (Å²) < 4.78 is 10.2. The molecule has 62 valence electrons. The molecule has 3 heteroatoms. The molecule has 0 fully saturated rings. The molecule has 0 amide bonds. The quantitative estimate of drug-likeness (QED) is 0.611. The van der Waals surface area contributed by atoms with Crippen LogP contribution in [0.5, 0.6) is 0 Å². The summed E-state index contributed by atoms with van der Waals surface area (Å²) in [5.74, 6) is 0. The summed E-state index contributed by atoms with van der Waals surface area (Å²) in [6.07, 6.45) is 0.149. The lowest BCUT2D eigenvalue weighted by Crippen LogP contribution is -2.26. The fraction of sp³-hybridized carbons (Fsp3) is 1.00. The molecular weight excluding hydrogens is 130 g/mol. The van der Waals surface area contributed by atoms with Crippen LogP contribution < -0.4 is 5.73 Å². The van der Waals surface area contributed by atoms with Gasteiger partial charge in [0.2, 0.25) is 0 Å². The molecule has 0 aromatic rings. The van der Waals surface area contributed by atoms with Crippen molar-refractivity contribution in [1.29, 1.82) is 0 Å². The summed E-state index contributed by atoms with van der Waals surface area (Å²) in [6.45, 7) is 5.11. The number of ether oxygens (including phenoxy) is 2. The second kappa shape index (κ2) is 5.65. The molecule has 0 saturated heterocycles. The Morgan fingerprint density at radius 2 is 1.90 bits per heavy atom. The number of hydrogen-bond acceptors (Lipinski definition) is 3. The Morgan fingerprint density at radius 3 is 2.30 bits per heavy atom. The van der Waals surface area contributed by atoms with Crippen LogP contribution in [-0.4, -0.2) is 32.5 Å². The molecule has 0 radical (unpaired) electrons. The SMILES string of the molecule is COCC(C)OCC(C)N. The van der Waals surface area contributed by atoms with Gasteiger partial charge in [0.25, 0.3) is 0 Å². The smallest absolute Gasteiger partial charge is 0.0781 e. The van der Waals surface area contributed by atoms with Crippen molar-refractivity contribution in [2.75, 3.05) is 20.3 Å². The van der Waals surface area contributed by atoms with Gasteiger partial charge in [-0.25, -0.2) is 0 Å². The maximum absolute atomic E-state index is 5.47. The predicted molar refractivity (Wildman–Crippen MR) is 40.9 cm³/mol. The molecule has 2 unspecified atom stereocenters. The van der Waals surface area contributed by atoms with Gasteiger partial charge in [-0.05, 0) is 13.8 Å². The van der Waals surface area contributed by atoms with Crippen molar-refractivity contribution < 1.29 is 9.47 Å². The first kappa shape index (κ1) is 9.88. The Labute approximate surface area is 62.5 Å². The Morgan fingerprint density at radius 1 is 1.30 bits per heavy atom. The predicted octanol–water partition coefficient (Wildman–Crippen LogP) is 0.385. The van der Waals surface area contributed by atoms with Gasteiger partial charge in [0.1, 0.15) is 0 Å². The van der Waals surface area contributed by atoms with E-state index in [0.717, 1.165) is 0 Å². The number of methoxy groups -OCH3 is 1. The third kappa shape index (κ3) is 6.01. The van der Waals surface area contributed by atoms with Crippen LogP contribution in [0.3, 0.4) is 0 Å². The van der Waals surface area contributed by atoms with Gasteiger partial charge in [-0.2, -0.15) is 0 Å². The van der Waals surface area contributed by atoms with E-state index in [1.165, 1.54) is 0 Å². The van der Waals surface area contributed by atoms with E-state index < -0.39 is 0 Å². The van der Waals surface area contributed by atoms with E-state index in [1.807, 2.05) is 13.8 Å². The fourth-order valence-electron chi connectivity index (χ4n) is 0.599. The van der Waals surface area contributed by atoms with Crippen molar-refractivity contribution in [3.63, 3.8) is 0 Å². The van der Waals surface area contributed by atoms with Crippen LogP contribution in [0, 0.1) is 0 Å². The van der Waals surface area contributed by atoms with Crippen LogP contribution in [0.25, 0.3) is 0 Å². The van der Waals surface area contributed by atoms with E-state index >= 15 is 0 Å². The molecule has 0 spiro atoms. The van der Waals surface area contributed by atoms with Gasteiger partial charge in [-0.1, -0.05) is 0 Å². The van der Waals surface area contributed by atoms with Crippen LogP contribution >= 0.6 is 0 Å². The van der Waals surface area contributed by atoms with Gasteiger partial charge in [0.05, 0.1) is 19.3 Å². The molecule has 0 heterocycles. The van der Waals surface area contributed by atoms with Crippen LogP contribution in [0.15, 0.2) is 0 Å². The summed E-state index contributed by atoms with van der Waals surface area (Å²) in [6, 6.07) is 0.110. The van der Waals surface area contributed by atoms with E-state index in [2.05, 4.69) is 0 Å². The first-order chi connectivity index (χ1) is 4.66. The van der Waals surface area contributed by atoms with Crippen molar-refractivity contribution in [2.24, 2.45) is 5.73 Å². The van der Waals surface area contributed by atoms with E-state index in [9.17, 15) is 0 Å². The minimum absolute atomic E-state index is 0.110. The second-order valence-corrected chi connectivity index (χ2v) is 2.58. The second-order valence-electron chi connectivity index (χ2n) is 2.58. The van der Waals surface area contributed by atoms with Gasteiger partial charge in [0.15, 0.2) is 0 Å². The topological polar surface area (TPSA) is 44.5 Å². The zero-order valence-corrected chi connectivity index (χ0v) is 6.96. The van der Waals surface area contributed by atoms with Gasteiger partial charge in [-0.15, -0.1) is 0 Å². The lowest BCUT2D eigenvalue weighted by molar-refractivity contribution is 0.00509. The van der Waals surface area contributed by atoms with Crippen molar-refractivity contribution in [3.8, 4) is 0 Å². The maximum atomic E-state index is 5.47. The molecule has 2 atom stereocenters. The highest BCUT2D eigenvalue weighted by Crippen LogP contribution is 1.91. The van der Waals surface area contributed by atoms with Gasteiger partial charge < -0.3 is 15.2 Å². The van der Waals surface area contributed by atoms with Crippen LogP contribution in [0.2, 0.25) is 0 Å². The van der Waals surface area contributed by atoms with Crippen LogP contribution in [0.4, 0.5) is 0 Å². The molecule has 0 aliphatic rings. The number of hydrogen-bond donors (Lipinski definition) is 1. The first-order valence-electron chi connectivity index (χ1n) is 3.53. The summed E-state index contributed by atoms with van der Waals surface area (Å²) in [5, 5.41) is 0. The highest BCUT2D eigenvalue weighted by Gasteiger charge is 2.01. The molecule has 0 rings (SSSR count). The maximum Gasteiger partial charge on any atom is 0.0781 e. The largest absolute Gasteiger partial charge is 0.382 e. The minimum Gasteiger partial charge on any atom is -0.382 e.